The lowest BCUT2D eigenvalue weighted by Crippen LogP contribution is -2.19. The van der Waals surface area contributed by atoms with E-state index in [-0.39, 0.29) is 23.1 Å². The Hall–Kier alpha value is -2.11. The number of carbonyl (C=O) groups excluding carboxylic acids is 1. The zero-order valence-corrected chi connectivity index (χ0v) is 12.6. The van der Waals surface area contributed by atoms with Gasteiger partial charge in [0.1, 0.15) is 11.7 Å². The van der Waals surface area contributed by atoms with Gasteiger partial charge < -0.3 is 14.6 Å². The molecule has 1 heterocycles. The topological polar surface area (TPSA) is 85.7 Å². The summed E-state index contributed by atoms with van der Waals surface area (Å²) in [6.45, 7) is 6.03. The molecule has 1 aromatic heterocycles. The van der Waals surface area contributed by atoms with Crippen LogP contribution in [-0.4, -0.2) is 34.7 Å². The van der Waals surface area contributed by atoms with Crippen LogP contribution in [0.3, 0.4) is 0 Å². The van der Waals surface area contributed by atoms with Gasteiger partial charge in [-0.25, -0.2) is 14.6 Å². The van der Waals surface area contributed by atoms with Crippen LogP contribution in [0, 0.1) is 0 Å². The predicted molar refractivity (Wildman–Crippen MR) is 76.8 cm³/mol. The summed E-state index contributed by atoms with van der Waals surface area (Å²) in [5.41, 5.74) is -0.176. The first-order valence-electron chi connectivity index (χ1n) is 7.11. The van der Waals surface area contributed by atoms with Crippen molar-refractivity contribution in [3.8, 4) is 5.75 Å². The molecule has 1 aromatic rings. The molecule has 0 atom stereocenters. The van der Waals surface area contributed by atoms with Gasteiger partial charge in [0.25, 0.3) is 0 Å². The summed E-state index contributed by atoms with van der Waals surface area (Å²) in [5.74, 6) is -1.85. The van der Waals surface area contributed by atoms with Crippen molar-refractivity contribution in [1.82, 2.24) is 4.98 Å². The van der Waals surface area contributed by atoms with E-state index in [1.165, 1.54) is 12.3 Å². The Morgan fingerprint density at radius 3 is 2.48 bits per heavy atom. The highest BCUT2D eigenvalue weighted by atomic mass is 16.5. The number of aromatic carboxylic acids is 1. The Bertz CT molecular complexity index is 497. The number of carboxylic acid groups (broad SMARTS) is 1. The van der Waals surface area contributed by atoms with Gasteiger partial charge in [0, 0.05) is 6.20 Å². The second-order valence-corrected chi connectivity index (χ2v) is 4.53. The number of hydrogen-bond donors (Lipinski definition) is 1. The third-order valence-electron chi connectivity index (χ3n) is 2.96. The lowest BCUT2D eigenvalue weighted by Gasteiger charge is -2.16. The molecular formula is C15H21NO5. The minimum absolute atomic E-state index is 0.0252. The van der Waals surface area contributed by atoms with Gasteiger partial charge in [-0.1, -0.05) is 20.8 Å². The number of aromatic nitrogens is 1. The van der Waals surface area contributed by atoms with Gasteiger partial charge in [0.2, 0.25) is 0 Å². The monoisotopic (exact) mass is 295 g/mol. The van der Waals surface area contributed by atoms with Gasteiger partial charge in [-0.15, -0.1) is 0 Å². The third-order valence-corrected chi connectivity index (χ3v) is 2.96. The Balaban J connectivity index is 3.12. The van der Waals surface area contributed by atoms with E-state index in [1.807, 2.05) is 20.8 Å². The molecule has 0 amide bonds. The van der Waals surface area contributed by atoms with Gasteiger partial charge in [-0.3, -0.25) is 0 Å². The minimum atomic E-state index is -1.24. The normalized spacial score (nSPS) is 10.5. The Kier molecular flexibility index (Phi) is 6.65. The summed E-state index contributed by atoms with van der Waals surface area (Å²) in [6.07, 6.45) is 3.16. The summed E-state index contributed by atoms with van der Waals surface area (Å²) in [6, 6.07) is 1.42. The summed E-state index contributed by atoms with van der Waals surface area (Å²) in [5, 5.41) is 9.15. The smallest absolute Gasteiger partial charge is 0.358 e. The lowest BCUT2D eigenvalue weighted by molar-refractivity contribution is 0.0280. The van der Waals surface area contributed by atoms with Crippen LogP contribution in [-0.2, 0) is 4.74 Å². The van der Waals surface area contributed by atoms with E-state index < -0.39 is 11.9 Å². The zero-order valence-electron chi connectivity index (χ0n) is 12.6. The third kappa shape index (κ3) is 4.44. The van der Waals surface area contributed by atoms with Crippen LogP contribution in [0.1, 0.15) is 60.9 Å². The van der Waals surface area contributed by atoms with Crippen molar-refractivity contribution in [1.29, 1.82) is 0 Å². The average molecular weight is 295 g/mol. The van der Waals surface area contributed by atoms with E-state index >= 15 is 0 Å². The number of carboxylic acids is 1. The van der Waals surface area contributed by atoms with Crippen molar-refractivity contribution in [2.75, 3.05) is 6.61 Å². The summed E-state index contributed by atoms with van der Waals surface area (Å²) in [4.78, 5) is 27.2. The molecule has 0 saturated carbocycles. The van der Waals surface area contributed by atoms with Crippen molar-refractivity contribution in [2.45, 2.75) is 46.1 Å². The molecule has 0 radical (unpaired) electrons. The van der Waals surface area contributed by atoms with Gasteiger partial charge in [0.05, 0.1) is 6.61 Å². The van der Waals surface area contributed by atoms with Crippen LogP contribution in [0.25, 0.3) is 0 Å². The van der Waals surface area contributed by atoms with Crippen molar-refractivity contribution in [3.05, 3.63) is 23.5 Å². The van der Waals surface area contributed by atoms with Crippen LogP contribution in [0.4, 0.5) is 0 Å². The molecule has 116 valence electrons. The first-order valence-corrected chi connectivity index (χ1v) is 7.11. The van der Waals surface area contributed by atoms with Gasteiger partial charge in [-0.05, 0) is 25.3 Å². The fourth-order valence-corrected chi connectivity index (χ4v) is 1.78. The molecule has 0 saturated heterocycles. The predicted octanol–water partition coefficient (Wildman–Crippen LogP) is 2.91. The fourth-order valence-electron chi connectivity index (χ4n) is 1.78. The quantitative estimate of drug-likeness (QED) is 0.742. The van der Waals surface area contributed by atoms with Crippen LogP contribution in [0.2, 0.25) is 0 Å². The second kappa shape index (κ2) is 8.24. The molecule has 6 nitrogen and oxygen atoms in total. The number of pyridine rings is 1. The first-order chi connectivity index (χ1) is 10.0. The lowest BCUT2D eigenvalue weighted by atomic mass is 10.2. The molecule has 0 aliphatic heterocycles. The van der Waals surface area contributed by atoms with Crippen molar-refractivity contribution >= 4 is 11.9 Å². The van der Waals surface area contributed by atoms with E-state index in [2.05, 4.69) is 4.98 Å². The number of hydrogen-bond acceptors (Lipinski definition) is 5. The van der Waals surface area contributed by atoms with Crippen molar-refractivity contribution < 1.29 is 24.2 Å². The maximum Gasteiger partial charge on any atom is 0.358 e. The molecular weight excluding hydrogens is 274 g/mol. The molecule has 0 aromatic carbocycles. The maximum atomic E-state index is 12.2. The van der Waals surface area contributed by atoms with Gasteiger partial charge >= 0.3 is 11.9 Å². The highest BCUT2D eigenvalue weighted by Gasteiger charge is 2.24. The summed E-state index contributed by atoms with van der Waals surface area (Å²) in [7, 11) is 0. The zero-order chi connectivity index (χ0) is 15.8. The molecule has 0 aliphatic carbocycles. The van der Waals surface area contributed by atoms with E-state index in [9.17, 15) is 9.59 Å². The van der Waals surface area contributed by atoms with Crippen LogP contribution in [0.5, 0.6) is 5.75 Å². The van der Waals surface area contributed by atoms with E-state index in [0.29, 0.717) is 25.9 Å². The van der Waals surface area contributed by atoms with Crippen LogP contribution < -0.4 is 4.74 Å². The molecule has 0 fully saturated rings. The standard InChI is InChI=1S/C15H21NO5/c1-4-9-20-13-11(7-8-16-12(13)14(17)18)15(19)21-10(5-2)6-3/h7-8,10H,4-6,9H2,1-3H3,(H,17,18). The van der Waals surface area contributed by atoms with Gasteiger partial charge in [-0.2, -0.15) is 0 Å². The molecule has 0 spiro atoms. The summed E-state index contributed by atoms with van der Waals surface area (Å²) < 4.78 is 10.8. The molecule has 0 unspecified atom stereocenters. The number of rotatable bonds is 8. The van der Waals surface area contributed by atoms with E-state index in [0.717, 1.165) is 0 Å². The molecule has 1 rings (SSSR count). The molecule has 1 N–H and O–H groups in total. The van der Waals surface area contributed by atoms with Crippen LogP contribution in [0.15, 0.2) is 12.3 Å². The van der Waals surface area contributed by atoms with Crippen molar-refractivity contribution in [2.24, 2.45) is 0 Å². The van der Waals surface area contributed by atoms with Crippen LogP contribution >= 0.6 is 0 Å². The highest BCUT2D eigenvalue weighted by molar-refractivity contribution is 5.98. The SMILES string of the molecule is CCCOc1c(C(=O)OC(CC)CC)ccnc1C(=O)O. The molecule has 0 bridgehead atoms. The molecule has 21 heavy (non-hydrogen) atoms. The summed E-state index contributed by atoms with van der Waals surface area (Å²) >= 11 is 0. The van der Waals surface area contributed by atoms with Gasteiger partial charge in [0.15, 0.2) is 11.4 Å². The number of ether oxygens (including phenoxy) is 2. The van der Waals surface area contributed by atoms with E-state index in [1.54, 1.807) is 0 Å². The largest absolute Gasteiger partial charge is 0.490 e. The van der Waals surface area contributed by atoms with E-state index in [4.69, 9.17) is 14.6 Å². The number of esters is 1. The Morgan fingerprint density at radius 1 is 1.29 bits per heavy atom. The number of carbonyl (C=O) groups is 2. The highest BCUT2D eigenvalue weighted by Crippen LogP contribution is 2.24. The van der Waals surface area contributed by atoms with Crippen molar-refractivity contribution in [3.63, 3.8) is 0 Å². The Morgan fingerprint density at radius 2 is 1.95 bits per heavy atom. The second-order valence-electron chi connectivity index (χ2n) is 4.53. The fraction of sp³-hybridized carbons (Fsp3) is 0.533. The molecule has 6 heteroatoms. The number of nitrogens with zero attached hydrogens (tertiary/aromatic N) is 1. The average Bonchev–Trinajstić information content (AvgIpc) is 2.49. The Labute approximate surface area is 124 Å². The maximum absolute atomic E-state index is 12.2. The first kappa shape index (κ1) is 16.9. The minimum Gasteiger partial charge on any atom is -0.490 e. The molecule has 0 aliphatic rings.